The molecule has 0 saturated heterocycles. The van der Waals surface area contributed by atoms with Gasteiger partial charge in [-0.15, -0.1) is 0 Å². The zero-order chi connectivity index (χ0) is 18.4. The zero-order valence-corrected chi connectivity index (χ0v) is 14.5. The average molecular weight is 345 g/mol. The number of nitrogens with one attached hydrogen (secondary N) is 1. The van der Waals surface area contributed by atoms with Crippen LogP contribution in [0.1, 0.15) is 59.5 Å². The van der Waals surface area contributed by atoms with Crippen LogP contribution in [0.25, 0.3) is 0 Å². The molecule has 7 heteroatoms. The molecule has 0 fully saturated rings. The van der Waals surface area contributed by atoms with Gasteiger partial charge in [0.25, 0.3) is 5.91 Å². The summed E-state index contributed by atoms with van der Waals surface area (Å²) in [6, 6.07) is 0.947. The smallest absolute Gasteiger partial charge is 0.340 e. The lowest BCUT2D eigenvalue weighted by Gasteiger charge is -2.14. The third kappa shape index (κ3) is 4.43. The highest BCUT2D eigenvalue weighted by Gasteiger charge is 2.27. The van der Waals surface area contributed by atoms with Crippen molar-refractivity contribution >= 4 is 17.7 Å². The van der Waals surface area contributed by atoms with Crippen LogP contribution in [0.2, 0.25) is 0 Å². The monoisotopic (exact) mass is 345 g/mol. The molecule has 1 aromatic rings. The van der Waals surface area contributed by atoms with E-state index in [4.69, 9.17) is 10.5 Å². The van der Waals surface area contributed by atoms with E-state index in [1.54, 1.807) is 13.0 Å². The molecule has 25 heavy (non-hydrogen) atoms. The Kier molecular flexibility index (Phi) is 6.27. The van der Waals surface area contributed by atoms with Gasteiger partial charge < -0.3 is 15.8 Å². The van der Waals surface area contributed by atoms with E-state index in [1.165, 1.54) is 12.3 Å². The van der Waals surface area contributed by atoms with Gasteiger partial charge in [0.15, 0.2) is 5.78 Å². The number of esters is 1. The maximum absolute atomic E-state index is 12.6. The number of aryl methyl sites for hydroxylation is 1. The number of carbonyl (C=O) groups is 3. The molecule has 1 amide bonds. The molecule has 2 rings (SSSR count). The second-order valence-corrected chi connectivity index (χ2v) is 5.82. The highest BCUT2D eigenvalue weighted by molar-refractivity contribution is 6.04. The summed E-state index contributed by atoms with van der Waals surface area (Å²) in [5.74, 6) is -1.32. The van der Waals surface area contributed by atoms with Crippen LogP contribution in [0.3, 0.4) is 0 Å². The molecule has 1 atom stereocenters. The standard InChI is InChI=1S/C18H23N3O4/c1-3-5-6-13-12(18(24)25-4-2)9-11(10-20-13)16(22)14-7-8-15(21-14)17(19)23/h8-10,14,21H,3-7H2,1-2H3,(H2,19,23). The molecule has 134 valence electrons. The molecule has 2 heterocycles. The summed E-state index contributed by atoms with van der Waals surface area (Å²) in [6.07, 6.45) is 5.94. The van der Waals surface area contributed by atoms with Crippen LogP contribution < -0.4 is 11.1 Å². The van der Waals surface area contributed by atoms with Crippen molar-refractivity contribution in [1.82, 2.24) is 10.3 Å². The molecule has 7 nitrogen and oxygen atoms in total. The Morgan fingerprint density at radius 2 is 2.12 bits per heavy atom. The van der Waals surface area contributed by atoms with Crippen molar-refractivity contribution < 1.29 is 19.1 Å². The number of carbonyl (C=O) groups excluding carboxylic acids is 3. The highest BCUT2D eigenvalue weighted by atomic mass is 16.5. The Bertz CT molecular complexity index is 712. The molecule has 0 aliphatic carbocycles. The number of Topliss-reactive ketones (excluding diaryl/α,β-unsaturated/α-hetero) is 1. The summed E-state index contributed by atoms with van der Waals surface area (Å²) in [5.41, 5.74) is 6.70. The van der Waals surface area contributed by atoms with Crippen LogP contribution in [-0.4, -0.2) is 35.3 Å². The number of hydrogen-bond acceptors (Lipinski definition) is 6. The van der Waals surface area contributed by atoms with Gasteiger partial charge in [0.2, 0.25) is 0 Å². The third-order valence-corrected chi connectivity index (χ3v) is 3.99. The number of aromatic nitrogens is 1. The summed E-state index contributed by atoms with van der Waals surface area (Å²) in [6.45, 7) is 4.03. The van der Waals surface area contributed by atoms with Gasteiger partial charge in [-0.1, -0.05) is 19.4 Å². The number of hydrogen-bond donors (Lipinski definition) is 2. The first-order chi connectivity index (χ1) is 12.0. The van der Waals surface area contributed by atoms with Gasteiger partial charge in [-0.3, -0.25) is 14.6 Å². The molecular weight excluding hydrogens is 322 g/mol. The van der Waals surface area contributed by atoms with Gasteiger partial charge in [-0.2, -0.15) is 0 Å². The molecule has 0 bridgehead atoms. The lowest BCUT2D eigenvalue weighted by atomic mass is 10.0. The summed E-state index contributed by atoms with van der Waals surface area (Å²) >= 11 is 0. The topological polar surface area (TPSA) is 111 Å². The lowest BCUT2D eigenvalue weighted by Crippen LogP contribution is -2.35. The predicted octanol–water partition coefficient (Wildman–Crippen LogP) is 1.51. The minimum absolute atomic E-state index is 0.233. The lowest BCUT2D eigenvalue weighted by molar-refractivity contribution is -0.114. The summed E-state index contributed by atoms with van der Waals surface area (Å²) in [7, 11) is 0. The van der Waals surface area contributed by atoms with Crippen molar-refractivity contribution in [2.75, 3.05) is 6.61 Å². The molecular formula is C18H23N3O4. The number of nitrogens with two attached hydrogens (primary N) is 1. The Morgan fingerprint density at radius 3 is 2.72 bits per heavy atom. The average Bonchev–Trinajstić information content (AvgIpc) is 3.09. The van der Waals surface area contributed by atoms with Crippen molar-refractivity contribution in [2.45, 2.75) is 45.6 Å². The Balaban J connectivity index is 2.23. The van der Waals surface area contributed by atoms with E-state index in [0.29, 0.717) is 29.7 Å². The zero-order valence-electron chi connectivity index (χ0n) is 14.5. The van der Waals surface area contributed by atoms with Crippen molar-refractivity contribution in [3.63, 3.8) is 0 Å². The van der Waals surface area contributed by atoms with Crippen molar-refractivity contribution in [3.8, 4) is 0 Å². The number of primary amides is 1. The first-order valence-electron chi connectivity index (χ1n) is 8.44. The number of pyridine rings is 1. The first kappa shape index (κ1) is 18.6. The molecule has 0 radical (unpaired) electrons. The van der Waals surface area contributed by atoms with Gasteiger partial charge in [-0.05, 0) is 32.3 Å². The molecule has 3 N–H and O–H groups in total. The first-order valence-corrected chi connectivity index (χ1v) is 8.44. The van der Waals surface area contributed by atoms with Crippen LogP contribution in [0.4, 0.5) is 0 Å². The number of ether oxygens (including phenoxy) is 1. The minimum Gasteiger partial charge on any atom is -0.462 e. The molecule has 0 spiro atoms. The van der Waals surface area contributed by atoms with E-state index < -0.39 is 17.9 Å². The number of rotatable bonds is 8. The maximum Gasteiger partial charge on any atom is 0.340 e. The van der Waals surface area contributed by atoms with Crippen LogP contribution in [0, 0.1) is 0 Å². The van der Waals surface area contributed by atoms with Crippen molar-refractivity contribution in [3.05, 3.63) is 40.9 Å². The van der Waals surface area contributed by atoms with Crippen LogP contribution in [-0.2, 0) is 16.0 Å². The predicted molar refractivity (Wildman–Crippen MR) is 92.0 cm³/mol. The molecule has 1 unspecified atom stereocenters. The molecule has 1 aromatic heterocycles. The molecule has 1 aliphatic rings. The van der Waals surface area contributed by atoms with E-state index in [2.05, 4.69) is 17.2 Å². The minimum atomic E-state index is -0.601. The highest BCUT2D eigenvalue weighted by Crippen LogP contribution is 2.18. The van der Waals surface area contributed by atoms with Gasteiger partial charge in [0, 0.05) is 11.8 Å². The van der Waals surface area contributed by atoms with E-state index >= 15 is 0 Å². The summed E-state index contributed by atoms with van der Waals surface area (Å²) in [4.78, 5) is 40.3. The Hall–Kier alpha value is -2.70. The summed E-state index contributed by atoms with van der Waals surface area (Å²) in [5, 5.41) is 2.80. The van der Waals surface area contributed by atoms with Gasteiger partial charge in [-0.25, -0.2) is 4.79 Å². The van der Waals surface area contributed by atoms with E-state index in [0.717, 1.165) is 12.8 Å². The normalized spacial score (nSPS) is 16.1. The van der Waals surface area contributed by atoms with Gasteiger partial charge in [0.05, 0.1) is 29.6 Å². The quantitative estimate of drug-likeness (QED) is 0.546. The third-order valence-electron chi connectivity index (χ3n) is 3.99. The van der Waals surface area contributed by atoms with E-state index in [1.807, 2.05) is 0 Å². The second kappa shape index (κ2) is 8.41. The fourth-order valence-electron chi connectivity index (χ4n) is 2.64. The number of amides is 1. The molecule has 0 aromatic carbocycles. The van der Waals surface area contributed by atoms with E-state index in [9.17, 15) is 14.4 Å². The van der Waals surface area contributed by atoms with Crippen molar-refractivity contribution in [1.29, 1.82) is 0 Å². The van der Waals surface area contributed by atoms with Gasteiger partial charge >= 0.3 is 5.97 Å². The van der Waals surface area contributed by atoms with Crippen LogP contribution in [0.15, 0.2) is 24.0 Å². The largest absolute Gasteiger partial charge is 0.462 e. The summed E-state index contributed by atoms with van der Waals surface area (Å²) < 4.78 is 5.08. The fourth-order valence-corrected chi connectivity index (χ4v) is 2.64. The van der Waals surface area contributed by atoms with Crippen LogP contribution in [0.5, 0.6) is 0 Å². The number of nitrogens with zero attached hydrogens (tertiary/aromatic N) is 1. The molecule has 0 saturated carbocycles. The van der Waals surface area contributed by atoms with Crippen LogP contribution >= 0.6 is 0 Å². The van der Waals surface area contributed by atoms with Gasteiger partial charge in [0.1, 0.15) is 0 Å². The second-order valence-electron chi connectivity index (χ2n) is 5.82. The SMILES string of the molecule is CCCCc1ncc(C(=O)C2CC=C(C(N)=O)N2)cc1C(=O)OCC. The van der Waals surface area contributed by atoms with Crippen molar-refractivity contribution in [2.24, 2.45) is 5.73 Å². The fraction of sp³-hybridized carbons (Fsp3) is 0.444. The molecule has 1 aliphatic heterocycles. The van der Waals surface area contributed by atoms with E-state index in [-0.39, 0.29) is 18.1 Å². The Morgan fingerprint density at radius 1 is 1.36 bits per heavy atom. The number of unbranched alkanes of at least 4 members (excludes halogenated alkanes) is 1. The maximum atomic E-state index is 12.6. The number of ketones is 1. The Labute approximate surface area is 146 Å².